The molecule has 1 amide bonds. The zero-order valence-corrected chi connectivity index (χ0v) is 22.9. The second-order valence-corrected chi connectivity index (χ2v) is 10.7. The minimum Gasteiger partial charge on any atom is -0.398 e. The Morgan fingerprint density at radius 1 is 1.05 bits per heavy atom. The van der Waals surface area contributed by atoms with Crippen LogP contribution in [0.4, 0.5) is 10.1 Å². The van der Waals surface area contributed by atoms with E-state index in [9.17, 15) is 14.0 Å². The minimum absolute atomic E-state index is 0.166. The Morgan fingerprint density at radius 2 is 1.88 bits per heavy atom. The molecule has 0 saturated heterocycles. The van der Waals surface area contributed by atoms with Gasteiger partial charge in [-0.1, -0.05) is 49.2 Å². The molecule has 0 fully saturated rings. The average molecular weight is 556 g/mol. The maximum Gasteiger partial charge on any atom is 0.263 e. The van der Waals surface area contributed by atoms with Gasteiger partial charge >= 0.3 is 0 Å². The summed E-state index contributed by atoms with van der Waals surface area (Å²) in [7, 11) is 0. The predicted molar refractivity (Wildman–Crippen MR) is 157 cm³/mol. The summed E-state index contributed by atoms with van der Waals surface area (Å²) < 4.78 is 13.8. The first-order valence-electron chi connectivity index (χ1n) is 13.2. The third-order valence-corrected chi connectivity index (χ3v) is 7.77. The van der Waals surface area contributed by atoms with E-state index in [1.165, 1.54) is 23.5 Å². The summed E-state index contributed by atoms with van der Waals surface area (Å²) in [6, 6.07) is 16.6. The normalized spacial score (nSPS) is 11.9. The Morgan fingerprint density at radius 3 is 2.67 bits per heavy atom. The summed E-state index contributed by atoms with van der Waals surface area (Å²) in [5.41, 5.74) is 10.6. The van der Waals surface area contributed by atoms with Gasteiger partial charge in [-0.25, -0.2) is 9.37 Å². The van der Waals surface area contributed by atoms with E-state index in [2.05, 4.69) is 44.5 Å². The highest BCUT2D eigenvalue weighted by Crippen LogP contribution is 2.27. The van der Waals surface area contributed by atoms with E-state index < -0.39 is 5.82 Å². The van der Waals surface area contributed by atoms with Gasteiger partial charge in [0.1, 0.15) is 16.5 Å². The van der Waals surface area contributed by atoms with Crippen molar-refractivity contribution in [2.24, 2.45) is 0 Å². The Balaban J connectivity index is 1.25. The summed E-state index contributed by atoms with van der Waals surface area (Å²) in [5.74, 6) is -0.166. The standard InChI is InChI=1S/C31H30FN5O2S/c1-19-13-23(32)15-24(29(19)33)27(38)10-4-2-3-9-25(37-31(39)28-17-34-18-40-28)30-35-16-26(36-30)22-12-11-20-7-5-6-8-21(20)14-22/h5-8,11-18,25H,2-4,9-10,33H2,1H3,(H,35,36)(H,37,39)/t25-/m0/s1. The molecule has 0 aliphatic heterocycles. The summed E-state index contributed by atoms with van der Waals surface area (Å²) >= 11 is 1.28. The number of anilines is 1. The minimum atomic E-state index is -0.462. The van der Waals surface area contributed by atoms with Crippen molar-refractivity contribution < 1.29 is 14.0 Å². The van der Waals surface area contributed by atoms with Crippen LogP contribution in [-0.2, 0) is 0 Å². The van der Waals surface area contributed by atoms with E-state index in [-0.39, 0.29) is 29.7 Å². The number of aryl methyl sites for hydroxylation is 1. The summed E-state index contributed by atoms with van der Waals surface area (Å²) in [5, 5.41) is 5.38. The molecule has 5 rings (SSSR count). The molecule has 1 atom stereocenters. The third-order valence-electron chi connectivity index (χ3n) is 7.00. The number of aromatic amines is 1. The zero-order valence-electron chi connectivity index (χ0n) is 22.1. The van der Waals surface area contributed by atoms with Crippen LogP contribution in [-0.4, -0.2) is 26.6 Å². The number of carbonyl (C=O) groups excluding carboxylic acids is 2. The van der Waals surface area contributed by atoms with Crippen LogP contribution < -0.4 is 11.1 Å². The number of carbonyl (C=O) groups is 2. The van der Waals surface area contributed by atoms with E-state index in [1.54, 1.807) is 24.8 Å². The fourth-order valence-electron chi connectivity index (χ4n) is 4.78. The first-order valence-corrected chi connectivity index (χ1v) is 14.1. The lowest BCUT2D eigenvalue weighted by Gasteiger charge is -2.16. The van der Waals surface area contributed by atoms with Crippen LogP contribution in [0.15, 0.2) is 72.5 Å². The third kappa shape index (κ3) is 6.26. The predicted octanol–water partition coefficient (Wildman–Crippen LogP) is 7.02. The van der Waals surface area contributed by atoms with Crippen molar-refractivity contribution in [1.29, 1.82) is 0 Å². The van der Waals surface area contributed by atoms with Crippen molar-refractivity contribution in [2.45, 2.75) is 45.1 Å². The highest BCUT2D eigenvalue weighted by Gasteiger charge is 2.20. The molecular formula is C31H30FN5O2S. The number of nitrogens with one attached hydrogen (secondary N) is 2. The van der Waals surface area contributed by atoms with E-state index in [0.717, 1.165) is 34.9 Å². The average Bonchev–Trinajstić information content (AvgIpc) is 3.67. The van der Waals surface area contributed by atoms with Crippen LogP contribution in [0.2, 0.25) is 0 Å². The van der Waals surface area contributed by atoms with Crippen LogP contribution in [0.3, 0.4) is 0 Å². The van der Waals surface area contributed by atoms with E-state index in [0.29, 0.717) is 34.8 Å². The Bertz CT molecular complexity index is 1650. The number of fused-ring (bicyclic) bond motifs is 1. The molecule has 0 bridgehead atoms. The topological polar surface area (TPSA) is 114 Å². The molecule has 0 spiro atoms. The van der Waals surface area contributed by atoms with Crippen molar-refractivity contribution >= 4 is 39.5 Å². The number of unbranched alkanes of at least 4 members (excludes halogenated alkanes) is 2. The Kier molecular flexibility index (Phi) is 8.31. The second kappa shape index (κ2) is 12.2. The van der Waals surface area contributed by atoms with Gasteiger partial charge in [-0.15, -0.1) is 11.3 Å². The van der Waals surface area contributed by atoms with Gasteiger partial charge in [-0.2, -0.15) is 0 Å². The molecule has 0 radical (unpaired) electrons. The van der Waals surface area contributed by atoms with Crippen LogP contribution >= 0.6 is 11.3 Å². The summed E-state index contributed by atoms with van der Waals surface area (Å²) in [6.07, 6.45) is 6.38. The number of nitrogens with zero attached hydrogens (tertiary/aromatic N) is 2. The van der Waals surface area contributed by atoms with Crippen LogP contribution in [0, 0.1) is 12.7 Å². The number of Topliss-reactive ketones (excluding diaryl/α,β-unsaturated/α-hetero) is 1. The maximum absolute atomic E-state index is 13.8. The van der Waals surface area contributed by atoms with E-state index in [4.69, 9.17) is 5.73 Å². The van der Waals surface area contributed by atoms with Gasteiger partial charge in [0.05, 0.1) is 29.6 Å². The van der Waals surface area contributed by atoms with Gasteiger partial charge in [0.25, 0.3) is 5.91 Å². The fraction of sp³-hybridized carbons (Fsp3) is 0.226. The van der Waals surface area contributed by atoms with E-state index in [1.807, 2.05) is 18.2 Å². The van der Waals surface area contributed by atoms with Crippen LogP contribution in [0.5, 0.6) is 0 Å². The Labute approximate surface area is 235 Å². The number of imidazole rings is 1. The van der Waals surface area contributed by atoms with Gasteiger partial charge in [0, 0.05) is 23.2 Å². The van der Waals surface area contributed by atoms with Gasteiger partial charge in [0.15, 0.2) is 5.78 Å². The quantitative estimate of drug-likeness (QED) is 0.0921. The fourth-order valence-corrected chi connectivity index (χ4v) is 5.31. The van der Waals surface area contributed by atoms with Gasteiger partial charge in [-0.05, 0) is 54.3 Å². The first-order chi connectivity index (χ1) is 19.4. The summed E-state index contributed by atoms with van der Waals surface area (Å²) in [4.78, 5) is 38.1. The smallest absolute Gasteiger partial charge is 0.263 e. The lowest BCUT2D eigenvalue weighted by Crippen LogP contribution is -2.28. The number of hydrogen-bond acceptors (Lipinski definition) is 6. The molecule has 3 aromatic carbocycles. The number of hydrogen-bond donors (Lipinski definition) is 3. The SMILES string of the molecule is Cc1cc(F)cc(C(=O)CCCCC[C@H](NC(=O)c2cncs2)c2ncc(-c3ccc4ccccc4c3)[nH]2)c1N. The Hall–Kier alpha value is -4.37. The second-order valence-electron chi connectivity index (χ2n) is 9.84. The number of nitrogens with two attached hydrogens (primary N) is 1. The lowest BCUT2D eigenvalue weighted by molar-refractivity contribution is 0.0935. The maximum atomic E-state index is 13.8. The molecule has 2 aromatic heterocycles. The number of amides is 1. The number of H-pyrrole nitrogens is 1. The number of ketones is 1. The van der Waals surface area contributed by atoms with Gasteiger partial charge in [0.2, 0.25) is 0 Å². The van der Waals surface area contributed by atoms with Crippen LogP contribution in [0.25, 0.3) is 22.0 Å². The highest BCUT2D eigenvalue weighted by molar-refractivity contribution is 7.11. The van der Waals surface area contributed by atoms with Crippen molar-refractivity contribution in [3.63, 3.8) is 0 Å². The van der Waals surface area contributed by atoms with Gasteiger partial charge < -0.3 is 16.0 Å². The number of thiazole rings is 1. The number of nitrogen functional groups attached to an aromatic ring is 1. The van der Waals surface area contributed by atoms with Crippen molar-refractivity contribution in [1.82, 2.24) is 20.3 Å². The molecule has 0 aliphatic rings. The number of halogens is 1. The molecule has 0 aliphatic carbocycles. The molecule has 5 aromatic rings. The van der Waals surface area contributed by atoms with Gasteiger partial charge in [-0.3, -0.25) is 14.6 Å². The van der Waals surface area contributed by atoms with Crippen LogP contribution in [0.1, 0.15) is 69.6 Å². The zero-order chi connectivity index (χ0) is 28.1. The molecule has 7 nitrogen and oxygen atoms in total. The molecule has 0 saturated carbocycles. The molecule has 2 heterocycles. The number of aromatic nitrogens is 3. The monoisotopic (exact) mass is 555 g/mol. The largest absolute Gasteiger partial charge is 0.398 e. The molecule has 40 heavy (non-hydrogen) atoms. The number of rotatable bonds is 11. The van der Waals surface area contributed by atoms with Crippen molar-refractivity contribution in [3.8, 4) is 11.3 Å². The molecular weight excluding hydrogens is 525 g/mol. The lowest BCUT2D eigenvalue weighted by atomic mass is 9.99. The highest BCUT2D eigenvalue weighted by atomic mass is 32.1. The van der Waals surface area contributed by atoms with Crippen molar-refractivity contribution in [3.05, 3.63) is 100 Å². The first kappa shape index (κ1) is 27.2. The number of benzene rings is 3. The molecule has 204 valence electrons. The molecule has 4 N–H and O–H groups in total. The molecule has 0 unspecified atom stereocenters. The van der Waals surface area contributed by atoms with Crippen molar-refractivity contribution in [2.75, 3.05) is 5.73 Å². The molecule has 9 heteroatoms. The summed E-state index contributed by atoms with van der Waals surface area (Å²) in [6.45, 7) is 1.69. The van der Waals surface area contributed by atoms with E-state index >= 15 is 0 Å².